The molecular formula is C21H17BrN4O3S. The molecule has 0 saturated heterocycles. The number of hydrogen-bond donors (Lipinski definition) is 1. The van der Waals surface area contributed by atoms with Gasteiger partial charge in [0.25, 0.3) is 5.91 Å². The second kappa shape index (κ2) is 8.76. The van der Waals surface area contributed by atoms with Crippen LogP contribution in [0.4, 0.5) is 5.13 Å². The van der Waals surface area contributed by atoms with Gasteiger partial charge < -0.3 is 9.30 Å². The van der Waals surface area contributed by atoms with E-state index in [2.05, 4.69) is 31.2 Å². The van der Waals surface area contributed by atoms with E-state index in [1.807, 2.05) is 60.8 Å². The zero-order valence-electron chi connectivity index (χ0n) is 16.0. The molecule has 0 atom stereocenters. The minimum absolute atomic E-state index is 0.0100. The summed E-state index contributed by atoms with van der Waals surface area (Å²) in [6.07, 6.45) is 0. The molecule has 1 N–H and O–H groups in total. The maximum atomic E-state index is 12.2. The molecule has 0 unspecified atom stereocenters. The molecule has 4 rings (SSSR count). The Morgan fingerprint density at radius 3 is 2.83 bits per heavy atom. The van der Waals surface area contributed by atoms with E-state index in [1.54, 1.807) is 4.57 Å². The maximum absolute atomic E-state index is 12.2. The Bertz CT molecular complexity index is 1230. The van der Waals surface area contributed by atoms with Crippen LogP contribution < -0.4 is 5.32 Å². The van der Waals surface area contributed by atoms with E-state index in [0.29, 0.717) is 11.0 Å². The number of thiazole rings is 1. The largest absolute Gasteiger partial charge is 0.454 e. The first-order valence-corrected chi connectivity index (χ1v) is 10.8. The van der Waals surface area contributed by atoms with Gasteiger partial charge in [-0.1, -0.05) is 40.2 Å². The highest BCUT2D eigenvalue weighted by Crippen LogP contribution is 2.26. The Balaban J connectivity index is 1.33. The van der Waals surface area contributed by atoms with Crippen LogP contribution in [0.1, 0.15) is 5.82 Å². The van der Waals surface area contributed by atoms with Gasteiger partial charge in [0.15, 0.2) is 11.7 Å². The van der Waals surface area contributed by atoms with Crippen molar-refractivity contribution in [2.45, 2.75) is 13.5 Å². The van der Waals surface area contributed by atoms with Crippen LogP contribution in [0.15, 0.2) is 58.4 Å². The lowest BCUT2D eigenvalue weighted by Crippen LogP contribution is -2.23. The molecule has 9 heteroatoms. The number of rotatable bonds is 6. The number of benzene rings is 2. The molecule has 0 radical (unpaired) electrons. The summed E-state index contributed by atoms with van der Waals surface area (Å²) < 4.78 is 7.85. The number of nitrogens with one attached hydrogen (secondary N) is 1. The molecular weight excluding hydrogens is 468 g/mol. The number of esters is 1. The van der Waals surface area contributed by atoms with Gasteiger partial charge in [-0.25, -0.2) is 9.97 Å². The van der Waals surface area contributed by atoms with Gasteiger partial charge in [0.05, 0.1) is 16.7 Å². The number of para-hydroxylation sites is 2. The summed E-state index contributed by atoms with van der Waals surface area (Å²) >= 11 is 4.74. The van der Waals surface area contributed by atoms with Crippen LogP contribution in [-0.4, -0.2) is 33.0 Å². The lowest BCUT2D eigenvalue weighted by molar-refractivity contribution is -0.147. The number of amides is 1. The molecule has 0 fully saturated rings. The monoisotopic (exact) mass is 484 g/mol. The van der Waals surface area contributed by atoms with Crippen molar-refractivity contribution in [3.63, 3.8) is 0 Å². The predicted octanol–water partition coefficient (Wildman–Crippen LogP) is 4.41. The van der Waals surface area contributed by atoms with Gasteiger partial charge in [-0.3, -0.25) is 14.9 Å². The van der Waals surface area contributed by atoms with Gasteiger partial charge in [-0.05, 0) is 31.2 Å². The standard InChI is InChI=1S/C21H17BrN4O3S/c1-13-23-16-7-2-3-8-18(16)26(13)10-20(28)29-11-19(27)25-21-24-17(12-30-21)14-5-4-6-15(22)9-14/h2-9,12H,10-11H2,1H3,(H,24,25,27). The van der Waals surface area contributed by atoms with Crippen LogP contribution in [0.5, 0.6) is 0 Å². The number of hydrogen-bond acceptors (Lipinski definition) is 6. The second-order valence-corrected chi connectivity index (χ2v) is 8.26. The average molecular weight is 485 g/mol. The molecule has 0 aliphatic rings. The van der Waals surface area contributed by atoms with Gasteiger partial charge in [0, 0.05) is 15.4 Å². The Morgan fingerprint density at radius 1 is 1.17 bits per heavy atom. The molecule has 0 saturated carbocycles. The third kappa shape index (κ3) is 4.58. The molecule has 4 aromatic rings. The zero-order chi connectivity index (χ0) is 21.1. The van der Waals surface area contributed by atoms with Crippen molar-refractivity contribution < 1.29 is 14.3 Å². The summed E-state index contributed by atoms with van der Waals surface area (Å²) in [5.41, 5.74) is 3.36. The SMILES string of the molecule is Cc1nc2ccccc2n1CC(=O)OCC(=O)Nc1nc(-c2cccc(Br)c2)cs1. The number of ether oxygens (including phenoxy) is 1. The van der Waals surface area contributed by atoms with Gasteiger partial charge in [-0.15, -0.1) is 11.3 Å². The summed E-state index contributed by atoms with van der Waals surface area (Å²) in [4.78, 5) is 33.2. The summed E-state index contributed by atoms with van der Waals surface area (Å²) in [6.45, 7) is 1.44. The van der Waals surface area contributed by atoms with Crippen LogP contribution in [0.25, 0.3) is 22.3 Å². The topological polar surface area (TPSA) is 86.1 Å². The Kier molecular flexibility index (Phi) is 5.91. The fourth-order valence-electron chi connectivity index (χ4n) is 2.98. The van der Waals surface area contributed by atoms with E-state index in [-0.39, 0.29) is 13.2 Å². The van der Waals surface area contributed by atoms with E-state index in [4.69, 9.17) is 4.74 Å². The van der Waals surface area contributed by atoms with Gasteiger partial charge in [0.1, 0.15) is 12.4 Å². The smallest absolute Gasteiger partial charge is 0.326 e. The number of carbonyl (C=O) groups excluding carboxylic acids is 2. The van der Waals surface area contributed by atoms with Gasteiger partial charge >= 0.3 is 5.97 Å². The van der Waals surface area contributed by atoms with E-state index in [1.165, 1.54) is 11.3 Å². The molecule has 0 aliphatic heterocycles. The molecule has 1 amide bonds. The van der Waals surface area contributed by atoms with Crippen LogP contribution in [-0.2, 0) is 20.9 Å². The lowest BCUT2D eigenvalue weighted by atomic mass is 10.2. The van der Waals surface area contributed by atoms with Crippen molar-refractivity contribution in [1.29, 1.82) is 0 Å². The van der Waals surface area contributed by atoms with Crippen molar-refractivity contribution >= 4 is 55.3 Å². The summed E-state index contributed by atoms with van der Waals surface area (Å²) in [7, 11) is 0. The summed E-state index contributed by atoms with van der Waals surface area (Å²) in [5.74, 6) is -0.239. The number of aromatic nitrogens is 3. The first kappa shape index (κ1) is 20.2. The van der Waals surface area contributed by atoms with Crippen molar-refractivity contribution in [1.82, 2.24) is 14.5 Å². The third-order valence-electron chi connectivity index (χ3n) is 4.37. The molecule has 0 spiro atoms. The number of carbonyl (C=O) groups is 2. The third-order valence-corrected chi connectivity index (χ3v) is 5.62. The molecule has 7 nitrogen and oxygen atoms in total. The Hall–Kier alpha value is -3.04. The second-order valence-electron chi connectivity index (χ2n) is 6.49. The predicted molar refractivity (Wildman–Crippen MR) is 119 cm³/mol. The summed E-state index contributed by atoms with van der Waals surface area (Å²) in [6, 6.07) is 15.3. The number of fused-ring (bicyclic) bond motifs is 1. The quantitative estimate of drug-likeness (QED) is 0.409. The Labute approximate surface area is 184 Å². The average Bonchev–Trinajstić information content (AvgIpc) is 3.31. The summed E-state index contributed by atoms with van der Waals surface area (Å²) in [5, 5.41) is 4.97. The molecule has 152 valence electrons. The normalized spacial score (nSPS) is 10.9. The lowest BCUT2D eigenvalue weighted by Gasteiger charge is -2.07. The van der Waals surface area contributed by atoms with E-state index in [9.17, 15) is 9.59 Å². The molecule has 2 aromatic heterocycles. The Morgan fingerprint density at radius 2 is 2.00 bits per heavy atom. The fraction of sp³-hybridized carbons (Fsp3) is 0.143. The molecule has 2 heterocycles. The van der Waals surface area contributed by atoms with Crippen LogP contribution in [0, 0.1) is 6.92 Å². The fourth-order valence-corrected chi connectivity index (χ4v) is 4.12. The number of aryl methyl sites for hydroxylation is 1. The molecule has 0 bridgehead atoms. The van der Waals surface area contributed by atoms with Crippen LogP contribution in [0.2, 0.25) is 0 Å². The first-order chi connectivity index (χ1) is 14.5. The van der Waals surface area contributed by atoms with E-state index < -0.39 is 11.9 Å². The molecule has 2 aromatic carbocycles. The minimum atomic E-state index is -0.509. The van der Waals surface area contributed by atoms with Gasteiger partial charge in [0.2, 0.25) is 0 Å². The van der Waals surface area contributed by atoms with Crippen molar-refractivity contribution in [2.24, 2.45) is 0 Å². The van der Waals surface area contributed by atoms with Gasteiger partial charge in [-0.2, -0.15) is 0 Å². The van der Waals surface area contributed by atoms with Crippen molar-refractivity contribution in [3.8, 4) is 11.3 Å². The number of imidazole rings is 1. The van der Waals surface area contributed by atoms with E-state index >= 15 is 0 Å². The molecule has 0 aliphatic carbocycles. The highest BCUT2D eigenvalue weighted by molar-refractivity contribution is 9.10. The van der Waals surface area contributed by atoms with Crippen LogP contribution >= 0.6 is 27.3 Å². The van der Waals surface area contributed by atoms with Crippen molar-refractivity contribution in [2.75, 3.05) is 11.9 Å². The molecule has 30 heavy (non-hydrogen) atoms. The maximum Gasteiger partial charge on any atom is 0.326 e. The minimum Gasteiger partial charge on any atom is -0.454 e. The number of anilines is 1. The van der Waals surface area contributed by atoms with Crippen LogP contribution in [0.3, 0.4) is 0 Å². The number of halogens is 1. The number of nitrogens with zero attached hydrogens (tertiary/aromatic N) is 3. The first-order valence-electron chi connectivity index (χ1n) is 9.08. The highest BCUT2D eigenvalue weighted by Gasteiger charge is 2.14. The van der Waals surface area contributed by atoms with Crippen molar-refractivity contribution in [3.05, 3.63) is 64.2 Å². The van der Waals surface area contributed by atoms with E-state index in [0.717, 1.165) is 26.8 Å². The zero-order valence-corrected chi connectivity index (χ0v) is 18.4. The highest BCUT2D eigenvalue weighted by atomic mass is 79.9.